The number of nitrogens with one attached hydrogen (secondary N) is 1. The van der Waals surface area contributed by atoms with Crippen LogP contribution in [0.25, 0.3) is 0 Å². The first-order valence-electron chi connectivity index (χ1n) is 6.59. The molecule has 0 bridgehead atoms. The van der Waals surface area contributed by atoms with Gasteiger partial charge in [0.25, 0.3) is 0 Å². The Hall–Kier alpha value is -1.09. The van der Waals surface area contributed by atoms with E-state index in [1.807, 2.05) is 13.1 Å². The van der Waals surface area contributed by atoms with Gasteiger partial charge in [-0.2, -0.15) is 0 Å². The van der Waals surface area contributed by atoms with E-state index in [0.717, 1.165) is 5.82 Å². The van der Waals surface area contributed by atoms with Crippen LogP contribution in [0.2, 0.25) is 0 Å². The summed E-state index contributed by atoms with van der Waals surface area (Å²) in [6.07, 6.45) is 2.47. The largest absolute Gasteiger partial charge is 0.373 e. The van der Waals surface area contributed by atoms with E-state index in [0.29, 0.717) is 12.0 Å². The van der Waals surface area contributed by atoms with Crippen molar-refractivity contribution in [3.05, 3.63) is 23.9 Å². The van der Waals surface area contributed by atoms with E-state index >= 15 is 0 Å². The van der Waals surface area contributed by atoms with Gasteiger partial charge in [0.2, 0.25) is 0 Å². The highest BCUT2D eigenvalue weighted by atomic mass is 15.1. The zero-order chi connectivity index (χ0) is 12.3. The third-order valence-electron chi connectivity index (χ3n) is 3.70. The van der Waals surface area contributed by atoms with Gasteiger partial charge in [-0.3, -0.25) is 0 Å². The summed E-state index contributed by atoms with van der Waals surface area (Å²) >= 11 is 0. The molecule has 0 spiro atoms. The number of piperidine rings is 1. The molecule has 1 aliphatic heterocycles. The summed E-state index contributed by atoms with van der Waals surface area (Å²) in [4.78, 5) is 7.21. The number of rotatable bonds is 3. The molecule has 3 nitrogen and oxygen atoms in total. The van der Waals surface area contributed by atoms with Crippen LogP contribution in [0.4, 0.5) is 5.82 Å². The molecule has 1 aromatic heterocycles. The highest BCUT2D eigenvalue weighted by molar-refractivity contribution is 5.35. The summed E-state index contributed by atoms with van der Waals surface area (Å²) in [6, 6.07) is 6.96. The number of pyridine rings is 1. The van der Waals surface area contributed by atoms with Crippen molar-refractivity contribution < 1.29 is 0 Å². The molecule has 0 aromatic carbocycles. The standard InChI is InChI=1S/C14H23N3/c1-11(2)17-9-7-12(8-10-17)13-5-4-6-14(15-3)16-13/h4-6,11-12H,7-10H2,1-3H3,(H,15,16). The van der Waals surface area contributed by atoms with E-state index in [1.54, 1.807) is 0 Å². The number of aromatic nitrogens is 1. The second kappa shape index (κ2) is 5.50. The van der Waals surface area contributed by atoms with Gasteiger partial charge in [-0.15, -0.1) is 0 Å². The SMILES string of the molecule is CNc1cccc(C2CCN(C(C)C)CC2)n1. The summed E-state index contributed by atoms with van der Waals surface area (Å²) in [5.74, 6) is 1.62. The summed E-state index contributed by atoms with van der Waals surface area (Å²) in [7, 11) is 1.92. The summed E-state index contributed by atoms with van der Waals surface area (Å²) in [5, 5.41) is 3.11. The first kappa shape index (κ1) is 12.4. The Morgan fingerprint density at radius 1 is 1.29 bits per heavy atom. The van der Waals surface area contributed by atoms with Gasteiger partial charge in [0.1, 0.15) is 5.82 Å². The molecule has 0 saturated carbocycles. The van der Waals surface area contributed by atoms with Crippen LogP contribution in [0.1, 0.15) is 38.3 Å². The van der Waals surface area contributed by atoms with Crippen molar-refractivity contribution in [2.45, 2.75) is 38.6 Å². The predicted octanol–water partition coefficient (Wildman–Crippen LogP) is 2.71. The highest BCUT2D eigenvalue weighted by Gasteiger charge is 2.22. The molecule has 1 fully saturated rings. The van der Waals surface area contributed by atoms with Gasteiger partial charge in [-0.1, -0.05) is 6.07 Å². The van der Waals surface area contributed by atoms with Gasteiger partial charge in [0.15, 0.2) is 0 Å². The van der Waals surface area contributed by atoms with Crippen molar-refractivity contribution in [2.24, 2.45) is 0 Å². The molecule has 0 aliphatic carbocycles. The Balaban J connectivity index is 2.00. The van der Waals surface area contributed by atoms with Gasteiger partial charge >= 0.3 is 0 Å². The van der Waals surface area contributed by atoms with Crippen LogP contribution in [0.15, 0.2) is 18.2 Å². The van der Waals surface area contributed by atoms with Crippen molar-refractivity contribution in [1.82, 2.24) is 9.88 Å². The number of likely N-dealkylation sites (tertiary alicyclic amines) is 1. The van der Waals surface area contributed by atoms with E-state index in [2.05, 4.69) is 41.2 Å². The van der Waals surface area contributed by atoms with Crippen LogP contribution < -0.4 is 5.32 Å². The molecular formula is C14H23N3. The van der Waals surface area contributed by atoms with Crippen LogP contribution in [0, 0.1) is 0 Å². The molecule has 2 heterocycles. The van der Waals surface area contributed by atoms with Crippen LogP contribution in [-0.2, 0) is 0 Å². The lowest BCUT2D eigenvalue weighted by molar-refractivity contribution is 0.171. The highest BCUT2D eigenvalue weighted by Crippen LogP contribution is 2.28. The Morgan fingerprint density at radius 2 is 2.00 bits per heavy atom. The number of hydrogen-bond acceptors (Lipinski definition) is 3. The molecule has 0 radical (unpaired) electrons. The molecule has 1 aromatic rings. The molecule has 1 saturated heterocycles. The second-order valence-electron chi connectivity index (χ2n) is 5.10. The van der Waals surface area contributed by atoms with Gasteiger partial charge in [-0.05, 0) is 51.9 Å². The number of hydrogen-bond donors (Lipinski definition) is 1. The first-order valence-corrected chi connectivity index (χ1v) is 6.59. The predicted molar refractivity (Wildman–Crippen MR) is 72.5 cm³/mol. The van der Waals surface area contributed by atoms with Crippen molar-refractivity contribution in [1.29, 1.82) is 0 Å². The first-order chi connectivity index (χ1) is 8.20. The second-order valence-corrected chi connectivity index (χ2v) is 5.10. The molecule has 1 N–H and O–H groups in total. The van der Waals surface area contributed by atoms with E-state index in [9.17, 15) is 0 Å². The van der Waals surface area contributed by atoms with Crippen molar-refractivity contribution in [3.63, 3.8) is 0 Å². The third kappa shape index (κ3) is 2.97. The molecule has 0 unspecified atom stereocenters. The monoisotopic (exact) mass is 233 g/mol. The van der Waals surface area contributed by atoms with Gasteiger partial charge in [0, 0.05) is 24.7 Å². The van der Waals surface area contributed by atoms with Crippen molar-refractivity contribution in [3.8, 4) is 0 Å². The molecular weight excluding hydrogens is 210 g/mol. The Morgan fingerprint density at radius 3 is 2.59 bits per heavy atom. The maximum Gasteiger partial charge on any atom is 0.125 e. The summed E-state index contributed by atoms with van der Waals surface area (Å²) in [5.41, 5.74) is 1.25. The van der Waals surface area contributed by atoms with Crippen LogP contribution in [0.3, 0.4) is 0 Å². The lowest BCUT2D eigenvalue weighted by Gasteiger charge is -2.34. The van der Waals surface area contributed by atoms with Crippen LogP contribution >= 0.6 is 0 Å². The quantitative estimate of drug-likeness (QED) is 0.870. The lowest BCUT2D eigenvalue weighted by Crippen LogP contribution is -2.38. The maximum absolute atomic E-state index is 4.66. The topological polar surface area (TPSA) is 28.2 Å². The van der Waals surface area contributed by atoms with Crippen molar-refractivity contribution >= 4 is 5.82 Å². The number of nitrogens with zero attached hydrogens (tertiary/aromatic N) is 2. The minimum atomic E-state index is 0.637. The number of anilines is 1. The summed E-state index contributed by atoms with van der Waals surface area (Å²) < 4.78 is 0. The van der Waals surface area contributed by atoms with Crippen LogP contribution in [0.5, 0.6) is 0 Å². The Kier molecular flexibility index (Phi) is 4.00. The molecule has 94 valence electrons. The molecule has 1 aliphatic rings. The van der Waals surface area contributed by atoms with E-state index in [1.165, 1.54) is 31.6 Å². The van der Waals surface area contributed by atoms with E-state index in [-0.39, 0.29) is 0 Å². The summed E-state index contributed by atoms with van der Waals surface area (Å²) in [6.45, 7) is 6.96. The normalized spacial score (nSPS) is 18.6. The molecule has 2 rings (SSSR count). The van der Waals surface area contributed by atoms with E-state index < -0.39 is 0 Å². The zero-order valence-corrected chi connectivity index (χ0v) is 11.1. The third-order valence-corrected chi connectivity index (χ3v) is 3.70. The smallest absolute Gasteiger partial charge is 0.125 e. The van der Waals surface area contributed by atoms with Gasteiger partial charge in [0.05, 0.1) is 0 Å². The zero-order valence-electron chi connectivity index (χ0n) is 11.1. The fraction of sp³-hybridized carbons (Fsp3) is 0.643. The van der Waals surface area contributed by atoms with Gasteiger partial charge < -0.3 is 10.2 Å². The average molecular weight is 233 g/mol. The molecule has 17 heavy (non-hydrogen) atoms. The van der Waals surface area contributed by atoms with Crippen LogP contribution in [-0.4, -0.2) is 36.1 Å². The minimum Gasteiger partial charge on any atom is -0.373 e. The molecule has 3 heteroatoms. The van der Waals surface area contributed by atoms with E-state index in [4.69, 9.17) is 0 Å². The lowest BCUT2D eigenvalue weighted by atomic mass is 9.92. The molecule has 0 atom stereocenters. The van der Waals surface area contributed by atoms with Crippen molar-refractivity contribution in [2.75, 3.05) is 25.5 Å². The Labute approximate surface area is 104 Å². The molecule has 0 amide bonds. The Bertz CT molecular complexity index is 354. The minimum absolute atomic E-state index is 0.637. The maximum atomic E-state index is 4.66. The fourth-order valence-electron chi connectivity index (χ4n) is 2.53. The fourth-order valence-corrected chi connectivity index (χ4v) is 2.53. The van der Waals surface area contributed by atoms with Gasteiger partial charge in [-0.25, -0.2) is 4.98 Å². The average Bonchev–Trinajstić information content (AvgIpc) is 2.39.